The molecule has 1 N–H and O–H groups in total. The Morgan fingerprint density at radius 1 is 1.00 bits per heavy atom. The highest BCUT2D eigenvalue weighted by atomic mass is 32.2. The molecule has 2 atom stereocenters. The van der Waals surface area contributed by atoms with E-state index in [0.29, 0.717) is 31.8 Å². The highest BCUT2D eigenvalue weighted by Gasteiger charge is 2.40. The molecule has 3 aliphatic rings. The van der Waals surface area contributed by atoms with E-state index >= 15 is 0 Å². The van der Waals surface area contributed by atoms with Crippen molar-refractivity contribution in [3.63, 3.8) is 0 Å². The molecule has 6 nitrogen and oxygen atoms in total. The first-order chi connectivity index (χ1) is 14.5. The van der Waals surface area contributed by atoms with Gasteiger partial charge in [-0.3, -0.25) is 4.79 Å². The molecule has 0 radical (unpaired) electrons. The predicted molar refractivity (Wildman–Crippen MR) is 113 cm³/mol. The number of ether oxygens (including phenoxy) is 1. The Morgan fingerprint density at radius 3 is 2.60 bits per heavy atom. The number of nitrogens with one attached hydrogen (secondary N) is 1. The molecule has 154 valence electrons. The molecule has 2 aliphatic heterocycles. The van der Waals surface area contributed by atoms with Crippen LogP contribution in [0.25, 0.3) is 0 Å². The second kappa shape index (κ2) is 7.50. The number of fused-ring (bicyclic) bond motifs is 2. The molecule has 0 saturated carbocycles. The third kappa shape index (κ3) is 3.29. The van der Waals surface area contributed by atoms with Crippen LogP contribution in [0.3, 0.4) is 0 Å². The summed E-state index contributed by atoms with van der Waals surface area (Å²) in [7, 11) is -3.81. The van der Waals surface area contributed by atoms with E-state index < -0.39 is 15.9 Å². The minimum absolute atomic E-state index is 0.0849. The first-order valence-electron chi connectivity index (χ1n) is 10.0. The molecule has 5 rings (SSSR count). The van der Waals surface area contributed by atoms with Gasteiger partial charge in [-0.25, -0.2) is 8.42 Å². The van der Waals surface area contributed by atoms with Crippen LogP contribution in [0.15, 0.2) is 77.4 Å². The molecule has 2 unspecified atom stereocenters. The maximum Gasteiger partial charge on any atom is 0.246 e. The smallest absolute Gasteiger partial charge is 0.246 e. The van der Waals surface area contributed by atoms with Gasteiger partial charge in [0.05, 0.1) is 5.92 Å². The molecule has 0 amide bonds. The van der Waals surface area contributed by atoms with Gasteiger partial charge in [0.15, 0.2) is 5.78 Å². The van der Waals surface area contributed by atoms with Gasteiger partial charge in [0.25, 0.3) is 0 Å². The van der Waals surface area contributed by atoms with Crippen LogP contribution in [-0.2, 0) is 21.2 Å². The minimum Gasteiger partial charge on any atom is -0.459 e. The van der Waals surface area contributed by atoms with E-state index in [4.69, 9.17) is 4.74 Å². The number of hydrogen-bond acceptors (Lipinski definition) is 5. The number of rotatable bonds is 3. The average Bonchev–Trinajstić information content (AvgIpc) is 2.79. The van der Waals surface area contributed by atoms with E-state index in [-0.39, 0.29) is 22.5 Å². The quantitative estimate of drug-likeness (QED) is 0.823. The van der Waals surface area contributed by atoms with Gasteiger partial charge in [-0.2, -0.15) is 4.31 Å². The number of benzene rings is 2. The maximum atomic E-state index is 13.6. The highest BCUT2D eigenvalue weighted by molar-refractivity contribution is 7.93. The standard InChI is InChI=1S/C23H22N2O4S/c26-20-10-11-22(23-18(20)14-17-8-4-5-9-21(17)29-23)30(27,28)25-13-12-24-19(15-25)16-6-2-1-3-7-16/h1-11,18-19,24H,12-15H2. The summed E-state index contributed by atoms with van der Waals surface area (Å²) in [6.07, 6.45) is 3.22. The summed E-state index contributed by atoms with van der Waals surface area (Å²) in [6, 6.07) is 17.2. The first kappa shape index (κ1) is 19.2. The normalized spacial score (nSPS) is 24.2. The van der Waals surface area contributed by atoms with Gasteiger partial charge in [0.1, 0.15) is 16.4 Å². The van der Waals surface area contributed by atoms with Gasteiger partial charge in [-0.1, -0.05) is 48.5 Å². The Bertz CT molecular complexity index is 1150. The second-order valence-electron chi connectivity index (χ2n) is 7.71. The fourth-order valence-corrected chi connectivity index (χ4v) is 5.92. The van der Waals surface area contributed by atoms with Crippen LogP contribution in [0.2, 0.25) is 0 Å². The maximum absolute atomic E-state index is 13.6. The van der Waals surface area contributed by atoms with Crippen LogP contribution in [0.5, 0.6) is 5.75 Å². The van der Waals surface area contributed by atoms with Crippen LogP contribution < -0.4 is 10.1 Å². The van der Waals surface area contributed by atoms with Crippen molar-refractivity contribution < 1.29 is 17.9 Å². The summed E-state index contributed by atoms with van der Waals surface area (Å²) in [6.45, 7) is 1.24. The molecule has 2 aromatic rings. The van der Waals surface area contributed by atoms with Crippen molar-refractivity contribution in [2.75, 3.05) is 19.6 Å². The SMILES string of the molecule is O=C1C=CC(S(=O)(=O)N2CCNC(c3ccccc3)C2)=C2Oc3ccccc3CC12. The summed E-state index contributed by atoms with van der Waals surface area (Å²) in [5, 5.41) is 3.39. The fraction of sp³-hybridized carbons (Fsp3) is 0.261. The Hall–Kier alpha value is -2.74. The number of sulfonamides is 1. The topological polar surface area (TPSA) is 75.7 Å². The lowest BCUT2D eigenvalue weighted by Crippen LogP contribution is -2.49. The van der Waals surface area contributed by atoms with Crippen molar-refractivity contribution in [1.29, 1.82) is 0 Å². The molecule has 2 heterocycles. The molecular formula is C23H22N2O4S. The van der Waals surface area contributed by atoms with Crippen molar-refractivity contribution >= 4 is 15.8 Å². The molecule has 1 aliphatic carbocycles. The first-order valence-corrected chi connectivity index (χ1v) is 11.5. The predicted octanol–water partition coefficient (Wildman–Crippen LogP) is 2.56. The van der Waals surface area contributed by atoms with Gasteiger partial charge in [-0.05, 0) is 35.8 Å². The van der Waals surface area contributed by atoms with E-state index in [1.165, 1.54) is 16.5 Å². The third-order valence-corrected chi connectivity index (χ3v) is 7.78. The van der Waals surface area contributed by atoms with E-state index in [9.17, 15) is 13.2 Å². The number of carbonyl (C=O) groups excluding carboxylic acids is 1. The zero-order chi connectivity index (χ0) is 20.7. The molecule has 0 bridgehead atoms. The number of ketones is 1. The Labute approximate surface area is 175 Å². The van der Waals surface area contributed by atoms with Gasteiger partial charge in [-0.15, -0.1) is 0 Å². The summed E-state index contributed by atoms with van der Waals surface area (Å²) < 4.78 is 34.7. The number of piperazine rings is 1. The van der Waals surface area contributed by atoms with Gasteiger partial charge >= 0.3 is 0 Å². The summed E-state index contributed by atoms with van der Waals surface area (Å²) in [4.78, 5) is 12.6. The molecule has 1 fully saturated rings. The van der Waals surface area contributed by atoms with Crippen LogP contribution in [0.1, 0.15) is 17.2 Å². The highest BCUT2D eigenvalue weighted by Crippen LogP contribution is 2.39. The number of carbonyl (C=O) groups is 1. The van der Waals surface area contributed by atoms with Gasteiger partial charge in [0.2, 0.25) is 10.0 Å². The summed E-state index contributed by atoms with van der Waals surface area (Å²) in [5.41, 5.74) is 1.96. The molecule has 2 aromatic carbocycles. The van der Waals surface area contributed by atoms with Gasteiger partial charge in [0, 0.05) is 25.7 Å². The second-order valence-corrected chi connectivity index (χ2v) is 9.62. The molecule has 7 heteroatoms. The molecule has 0 spiro atoms. The monoisotopic (exact) mass is 422 g/mol. The van der Waals surface area contributed by atoms with Crippen molar-refractivity contribution in [3.05, 3.63) is 88.5 Å². The van der Waals surface area contributed by atoms with Crippen LogP contribution in [0.4, 0.5) is 0 Å². The molecule has 30 heavy (non-hydrogen) atoms. The van der Waals surface area contributed by atoms with E-state index in [2.05, 4.69) is 5.32 Å². The van der Waals surface area contributed by atoms with Crippen molar-refractivity contribution in [2.45, 2.75) is 12.5 Å². The summed E-state index contributed by atoms with van der Waals surface area (Å²) >= 11 is 0. The van der Waals surface area contributed by atoms with Crippen molar-refractivity contribution in [1.82, 2.24) is 9.62 Å². The zero-order valence-corrected chi connectivity index (χ0v) is 17.1. The summed E-state index contributed by atoms with van der Waals surface area (Å²) in [5.74, 6) is 0.140. The van der Waals surface area contributed by atoms with E-state index in [0.717, 1.165) is 11.1 Å². The Morgan fingerprint density at radius 2 is 1.77 bits per heavy atom. The lowest BCUT2D eigenvalue weighted by molar-refractivity contribution is -0.118. The van der Waals surface area contributed by atoms with Gasteiger partial charge < -0.3 is 10.1 Å². The van der Waals surface area contributed by atoms with E-state index in [1.54, 1.807) is 0 Å². The van der Waals surface area contributed by atoms with Crippen LogP contribution in [-0.4, -0.2) is 38.1 Å². The lowest BCUT2D eigenvalue weighted by atomic mass is 9.88. The lowest BCUT2D eigenvalue weighted by Gasteiger charge is -2.35. The Kier molecular flexibility index (Phi) is 4.81. The van der Waals surface area contributed by atoms with Crippen LogP contribution >= 0.6 is 0 Å². The van der Waals surface area contributed by atoms with E-state index in [1.807, 2.05) is 54.6 Å². The molecular weight excluding hydrogens is 400 g/mol. The fourth-order valence-electron chi connectivity index (χ4n) is 4.28. The number of para-hydroxylation sites is 1. The number of nitrogens with zero attached hydrogens (tertiary/aromatic N) is 1. The largest absolute Gasteiger partial charge is 0.459 e. The van der Waals surface area contributed by atoms with Crippen molar-refractivity contribution in [3.8, 4) is 5.75 Å². The minimum atomic E-state index is -3.81. The van der Waals surface area contributed by atoms with Crippen LogP contribution in [0, 0.1) is 5.92 Å². The number of hydrogen-bond donors (Lipinski definition) is 1. The molecule has 0 aromatic heterocycles. The van der Waals surface area contributed by atoms with Crippen molar-refractivity contribution in [2.24, 2.45) is 5.92 Å². The molecule has 1 saturated heterocycles. The zero-order valence-electron chi connectivity index (χ0n) is 16.3. The Balaban J connectivity index is 1.50. The third-order valence-electron chi connectivity index (χ3n) is 5.88. The average molecular weight is 423 g/mol. The number of allylic oxidation sites excluding steroid dienone is 3.